The van der Waals surface area contributed by atoms with Crippen LogP contribution in [0.2, 0.25) is 0 Å². The fraction of sp³-hybridized carbons (Fsp3) is 0.357. The molecule has 0 radical (unpaired) electrons. The van der Waals surface area contributed by atoms with Crippen LogP contribution in [0.4, 0.5) is 0 Å². The molecule has 4 nitrogen and oxygen atoms in total. The second-order valence-electron chi connectivity index (χ2n) is 4.29. The molecular weight excluding hydrogens is 377 g/mol. The first-order valence-corrected chi connectivity index (χ1v) is 7.08. The van der Waals surface area contributed by atoms with Gasteiger partial charge in [0.25, 0.3) is 0 Å². The van der Waals surface area contributed by atoms with Crippen LogP contribution in [0, 0.1) is 0 Å². The van der Waals surface area contributed by atoms with E-state index in [4.69, 9.17) is 4.74 Å². The number of ether oxygens (including phenoxy) is 1. The summed E-state index contributed by atoms with van der Waals surface area (Å²) in [6.45, 7) is 2.77. The number of aromatic nitrogens is 2. The molecule has 0 fully saturated rings. The minimum absolute atomic E-state index is 0. The average molecular weight is 395 g/mol. The molecular formula is C14H18BrCl2N3O-2. The van der Waals surface area contributed by atoms with E-state index in [9.17, 15) is 0 Å². The maximum atomic E-state index is 5.34. The van der Waals surface area contributed by atoms with Crippen molar-refractivity contribution in [2.24, 2.45) is 0 Å². The first-order chi connectivity index (χ1) is 9.29. The quantitative estimate of drug-likeness (QED) is 0.504. The van der Waals surface area contributed by atoms with E-state index in [1.807, 2.05) is 24.7 Å². The Hall–Kier alpha value is -0.750. The van der Waals surface area contributed by atoms with E-state index in [1.165, 1.54) is 5.56 Å². The van der Waals surface area contributed by atoms with Crippen molar-refractivity contribution < 1.29 is 29.6 Å². The number of nitrogens with zero attached hydrogens (tertiary/aromatic N) is 2. The van der Waals surface area contributed by atoms with Crippen molar-refractivity contribution in [1.82, 2.24) is 14.9 Å². The van der Waals surface area contributed by atoms with Crippen LogP contribution < -0.4 is 34.9 Å². The van der Waals surface area contributed by atoms with E-state index in [0.29, 0.717) is 0 Å². The number of nitrogens with one attached hydrogen (secondary N) is 1. The van der Waals surface area contributed by atoms with Crippen LogP contribution in [-0.4, -0.2) is 23.2 Å². The Balaban J connectivity index is 0.00000200. The van der Waals surface area contributed by atoms with Crippen molar-refractivity contribution >= 4 is 15.9 Å². The number of aryl methyl sites for hydroxylation is 1. The van der Waals surface area contributed by atoms with E-state index in [0.717, 1.165) is 36.3 Å². The van der Waals surface area contributed by atoms with Crippen molar-refractivity contribution in [3.05, 3.63) is 47.0 Å². The van der Waals surface area contributed by atoms with Crippen LogP contribution in [0.1, 0.15) is 12.0 Å². The molecule has 0 saturated carbocycles. The van der Waals surface area contributed by atoms with Crippen LogP contribution in [-0.2, 0) is 13.1 Å². The van der Waals surface area contributed by atoms with Crippen LogP contribution in [0.25, 0.3) is 0 Å². The highest BCUT2D eigenvalue weighted by atomic mass is 79.9. The maximum absolute atomic E-state index is 5.34. The van der Waals surface area contributed by atoms with Gasteiger partial charge < -0.3 is 39.4 Å². The molecule has 1 heterocycles. The average Bonchev–Trinajstić information content (AvgIpc) is 2.92. The molecule has 21 heavy (non-hydrogen) atoms. The summed E-state index contributed by atoms with van der Waals surface area (Å²) in [7, 11) is 1.70. The van der Waals surface area contributed by atoms with Crippen molar-refractivity contribution in [3.63, 3.8) is 0 Å². The molecule has 0 spiro atoms. The summed E-state index contributed by atoms with van der Waals surface area (Å²) in [4.78, 5) is 4.02. The number of hydrogen-bond acceptors (Lipinski definition) is 3. The highest BCUT2D eigenvalue weighted by Crippen LogP contribution is 2.22. The molecule has 0 aliphatic rings. The molecule has 7 heteroatoms. The molecule has 0 aliphatic heterocycles. The van der Waals surface area contributed by atoms with Gasteiger partial charge in [0.2, 0.25) is 0 Å². The number of hydrogen-bond donors (Lipinski definition) is 1. The third-order valence-electron chi connectivity index (χ3n) is 2.89. The lowest BCUT2D eigenvalue weighted by atomic mass is 10.2. The minimum Gasteiger partial charge on any atom is -1.00 e. The molecule has 1 aromatic heterocycles. The van der Waals surface area contributed by atoms with Crippen LogP contribution in [0.5, 0.6) is 5.75 Å². The fourth-order valence-corrected chi connectivity index (χ4v) is 2.32. The molecule has 0 aliphatic carbocycles. The van der Waals surface area contributed by atoms with Gasteiger partial charge in [-0.15, -0.1) is 0 Å². The van der Waals surface area contributed by atoms with Crippen LogP contribution in [0.15, 0.2) is 41.4 Å². The molecule has 0 bridgehead atoms. The molecule has 1 aromatic carbocycles. The zero-order chi connectivity index (χ0) is 13.5. The predicted molar refractivity (Wildman–Crippen MR) is 79.2 cm³/mol. The fourth-order valence-electron chi connectivity index (χ4n) is 1.91. The number of imidazole rings is 1. The predicted octanol–water partition coefficient (Wildman–Crippen LogP) is -3.16. The Labute approximate surface area is 146 Å². The van der Waals surface area contributed by atoms with Gasteiger partial charge in [-0.2, -0.15) is 0 Å². The molecule has 0 saturated heterocycles. The van der Waals surface area contributed by atoms with E-state index < -0.39 is 0 Å². The summed E-state index contributed by atoms with van der Waals surface area (Å²) in [5.41, 5.74) is 1.17. The Bertz CT molecular complexity index is 509. The third kappa shape index (κ3) is 6.70. The summed E-state index contributed by atoms with van der Waals surface area (Å²) in [5.74, 6) is 0.922. The number of methoxy groups -OCH3 is 1. The van der Waals surface area contributed by atoms with Crippen molar-refractivity contribution in [3.8, 4) is 5.75 Å². The Morgan fingerprint density at radius 2 is 2.14 bits per heavy atom. The molecule has 1 N–H and O–H groups in total. The van der Waals surface area contributed by atoms with Crippen molar-refractivity contribution in [1.29, 1.82) is 0 Å². The summed E-state index contributed by atoms with van der Waals surface area (Å²) < 4.78 is 8.50. The monoisotopic (exact) mass is 393 g/mol. The van der Waals surface area contributed by atoms with E-state index in [1.54, 1.807) is 13.3 Å². The largest absolute Gasteiger partial charge is 1.00 e. The van der Waals surface area contributed by atoms with Crippen LogP contribution in [0.3, 0.4) is 0 Å². The van der Waals surface area contributed by atoms with Gasteiger partial charge in [0.05, 0.1) is 13.4 Å². The topological polar surface area (TPSA) is 39.1 Å². The van der Waals surface area contributed by atoms with Gasteiger partial charge in [-0.25, -0.2) is 4.98 Å². The van der Waals surface area contributed by atoms with Crippen molar-refractivity contribution in [2.75, 3.05) is 13.7 Å². The van der Waals surface area contributed by atoms with Crippen LogP contribution >= 0.6 is 15.9 Å². The summed E-state index contributed by atoms with van der Waals surface area (Å²) in [6, 6.07) is 6.05. The van der Waals surface area contributed by atoms with Gasteiger partial charge >= 0.3 is 0 Å². The summed E-state index contributed by atoms with van der Waals surface area (Å²) in [6.07, 6.45) is 6.71. The highest BCUT2D eigenvalue weighted by molar-refractivity contribution is 9.10. The molecule has 0 amide bonds. The van der Waals surface area contributed by atoms with Gasteiger partial charge in [0, 0.05) is 35.5 Å². The van der Waals surface area contributed by atoms with Crippen molar-refractivity contribution in [2.45, 2.75) is 19.5 Å². The second-order valence-corrected chi connectivity index (χ2v) is 5.20. The minimum atomic E-state index is 0. The summed E-state index contributed by atoms with van der Waals surface area (Å²) >= 11 is 3.48. The van der Waals surface area contributed by atoms with Gasteiger partial charge in [-0.1, -0.05) is 15.9 Å². The van der Waals surface area contributed by atoms with E-state index >= 15 is 0 Å². The smallest absolute Gasteiger partial charge is 0.123 e. The molecule has 2 aromatic rings. The maximum Gasteiger partial charge on any atom is 0.123 e. The number of benzene rings is 1. The van der Waals surface area contributed by atoms with E-state index in [-0.39, 0.29) is 24.8 Å². The lowest BCUT2D eigenvalue weighted by molar-refractivity contribution is -0.00100. The zero-order valence-electron chi connectivity index (χ0n) is 11.7. The first-order valence-electron chi connectivity index (χ1n) is 6.28. The van der Waals surface area contributed by atoms with Gasteiger partial charge in [-0.05, 0) is 31.2 Å². The Morgan fingerprint density at radius 3 is 2.81 bits per heavy atom. The Morgan fingerprint density at radius 1 is 1.33 bits per heavy atom. The van der Waals surface area contributed by atoms with Gasteiger partial charge in [0.15, 0.2) is 0 Å². The molecule has 118 valence electrons. The molecule has 0 unspecified atom stereocenters. The van der Waals surface area contributed by atoms with E-state index in [2.05, 4.69) is 36.9 Å². The number of rotatable bonds is 7. The third-order valence-corrected chi connectivity index (χ3v) is 3.38. The van der Waals surface area contributed by atoms with Gasteiger partial charge in [-0.3, -0.25) is 0 Å². The lowest BCUT2D eigenvalue weighted by Crippen LogP contribution is -3.00. The normalized spacial score (nSPS) is 9.62. The number of halogens is 3. The SMILES string of the molecule is COc1ccc(Br)cc1CNCCCn1ccnc1.[Cl-].[Cl-]. The lowest BCUT2D eigenvalue weighted by Gasteiger charge is -2.10. The Kier molecular flexibility index (Phi) is 10.5. The zero-order valence-corrected chi connectivity index (χ0v) is 14.8. The molecule has 0 atom stereocenters. The first kappa shape index (κ1) is 20.2. The second kappa shape index (κ2) is 10.9. The standard InChI is InChI=1S/C14H18BrN3O.2ClH/c1-19-14-4-3-13(15)9-12(14)10-16-5-2-7-18-8-6-17-11-18;;/h3-4,6,8-9,11,16H,2,5,7,10H2,1H3;2*1H/p-2. The van der Waals surface area contributed by atoms with Gasteiger partial charge in [0.1, 0.15) is 5.75 Å². The highest BCUT2D eigenvalue weighted by Gasteiger charge is 2.02. The molecule has 2 rings (SSSR count). The summed E-state index contributed by atoms with van der Waals surface area (Å²) in [5, 5.41) is 3.43.